The van der Waals surface area contributed by atoms with Gasteiger partial charge in [-0.25, -0.2) is 29.1 Å². The largest absolute Gasteiger partial charge is 0.604 e. The monoisotopic (exact) mass is 836 g/mol. The molecule has 308 valence electrons. The molecule has 1 amide bonds. The standard InChI is InChI=1S/C41H37N6O12P/c1-4-55-60(54,56-5-2)57-23-9-8-10-27-13-19-31(20-14-27)58-41(53)32-11-6-7-12-34(32)59-35(48)22-21-33(40(51)52)47-38(49)28-15-17-29(18-16-28)42-24-30-25-43-37-36(46-30)39(50)45-26(3)44-37/h1-2,6-7,11-20,25,33,42H,8-10,21-24H2,3H3,(H,47,49)(H,51,52)(H,43,44,45,50)/t33-/m0/s1. The molecule has 0 saturated heterocycles. The van der Waals surface area contributed by atoms with Gasteiger partial charge in [-0.05, 0) is 86.7 Å². The summed E-state index contributed by atoms with van der Waals surface area (Å²) in [4.78, 5) is 78.3. The Kier molecular flexibility index (Phi) is 15.1. The number of anilines is 1. The van der Waals surface area contributed by atoms with Gasteiger partial charge in [0.05, 0.1) is 25.0 Å². The van der Waals surface area contributed by atoms with Crippen LogP contribution in [0, 0.1) is 32.0 Å². The number of aryl methyl sites for hydroxylation is 2. The van der Waals surface area contributed by atoms with Crippen LogP contribution in [0.25, 0.3) is 11.2 Å². The molecule has 0 bridgehead atoms. The number of nitrogens with zero attached hydrogens (tertiary/aromatic N) is 3. The molecule has 2 heterocycles. The van der Waals surface area contributed by atoms with Gasteiger partial charge in [0.2, 0.25) is 0 Å². The van der Waals surface area contributed by atoms with E-state index in [1.165, 1.54) is 30.5 Å². The highest BCUT2D eigenvalue weighted by atomic mass is 31.2. The lowest BCUT2D eigenvalue weighted by Gasteiger charge is -2.15. The zero-order valence-corrected chi connectivity index (χ0v) is 32.8. The number of aromatic amines is 1. The van der Waals surface area contributed by atoms with Crippen molar-refractivity contribution < 1.29 is 51.9 Å². The van der Waals surface area contributed by atoms with Crippen molar-refractivity contribution in [3.63, 3.8) is 0 Å². The molecule has 3 aromatic carbocycles. The topological polar surface area (TPSA) is 247 Å². The highest BCUT2D eigenvalue weighted by Crippen LogP contribution is 2.48. The normalized spacial score (nSPS) is 11.3. The molecule has 19 heteroatoms. The second-order valence-electron chi connectivity index (χ2n) is 12.7. The predicted molar refractivity (Wildman–Crippen MR) is 214 cm³/mol. The molecule has 60 heavy (non-hydrogen) atoms. The van der Waals surface area contributed by atoms with E-state index in [-0.39, 0.29) is 53.4 Å². The molecule has 0 aliphatic rings. The zero-order valence-electron chi connectivity index (χ0n) is 31.9. The quantitative estimate of drug-likeness (QED) is 0.0262. The van der Waals surface area contributed by atoms with Crippen molar-refractivity contribution in [2.75, 3.05) is 11.9 Å². The zero-order chi connectivity index (χ0) is 43.1. The van der Waals surface area contributed by atoms with Gasteiger partial charge in [-0.1, -0.05) is 37.1 Å². The third kappa shape index (κ3) is 12.5. The van der Waals surface area contributed by atoms with E-state index in [0.29, 0.717) is 36.5 Å². The summed E-state index contributed by atoms with van der Waals surface area (Å²) in [5, 5.41) is 15.3. The molecule has 18 nitrogen and oxygen atoms in total. The van der Waals surface area contributed by atoms with Crippen LogP contribution in [0.2, 0.25) is 0 Å². The first-order valence-electron chi connectivity index (χ1n) is 18.1. The average Bonchev–Trinajstić information content (AvgIpc) is 3.22. The molecule has 4 N–H and O–H groups in total. The summed E-state index contributed by atoms with van der Waals surface area (Å²) >= 11 is 0. The number of rotatable bonds is 20. The highest BCUT2D eigenvalue weighted by molar-refractivity contribution is 7.48. The molecule has 1 atom stereocenters. The maximum absolute atomic E-state index is 13.1. The Balaban J connectivity index is 1.07. The van der Waals surface area contributed by atoms with Gasteiger partial charge in [0.1, 0.15) is 41.1 Å². The minimum absolute atomic E-state index is 0.0168. The van der Waals surface area contributed by atoms with Crippen LogP contribution in [0.5, 0.6) is 11.5 Å². The number of fused-ring (bicyclic) bond motifs is 1. The summed E-state index contributed by atoms with van der Waals surface area (Å²) in [5.74, 6) is -3.16. The van der Waals surface area contributed by atoms with Crippen LogP contribution in [0.15, 0.2) is 83.8 Å². The van der Waals surface area contributed by atoms with Crippen molar-refractivity contribution >= 4 is 48.5 Å². The van der Waals surface area contributed by atoms with E-state index in [4.69, 9.17) is 26.8 Å². The minimum Gasteiger partial charge on any atom is -0.480 e. The Bertz CT molecular complexity index is 2530. The van der Waals surface area contributed by atoms with Crippen molar-refractivity contribution in [3.05, 3.63) is 118 Å². The lowest BCUT2D eigenvalue weighted by Crippen LogP contribution is -2.41. The molecule has 0 aliphatic heterocycles. The summed E-state index contributed by atoms with van der Waals surface area (Å²) in [6.07, 6.45) is 15.9. The third-order valence-corrected chi connectivity index (χ3v) is 9.51. The second-order valence-corrected chi connectivity index (χ2v) is 14.2. The van der Waals surface area contributed by atoms with E-state index in [0.717, 1.165) is 5.56 Å². The number of carboxylic acid groups (broad SMARTS) is 1. The van der Waals surface area contributed by atoms with Crippen molar-refractivity contribution in [1.29, 1.82) is 0 Å². The Morgan fingerprint density at radius 1 is 0.933 bits per heavy atom. The predicted octanol–water partition coefficient (Wildman–Crippen LogP) is 5.08. The van der Waals surface area contributed by atoms with Crippen LogP contribution in [0.1, 0.15) is 63.5 Å². The molecule has 2 aromatic heterocycles. The number of ether oxygens (including phenoxy) is 2. The molecular formula is C41H37N6O12P. The van der Waals surface area contributed by atoms with Crippen LogP contribution >= 0.6 is 7.82 Å². The first kappa shape index (κ1) is 43.6. The number of carbonyl (C=O) groups is 4. The van der Waals surface area contributed by atoms with E-state index in [2.05, 4.69) is 39.6 Å². The number of terminal acetylenes is 2. The molecule has 0 fully saturated rings. The number of unbranched alkanes of at least 4 members (excludes halogenated alkanes) is 1. The van der Waals surface area contributed by atoms with Crippen LogP contribution in [-0.4, -0.2) is 61.5 Å². The first-order valence-corrected chi connectivity index (χ1v) is 19.6. The van der Waals surface area contributed by atoms with Crippen molar-refractivity contribution in [2.24, 2.45) is 0 Å². The summed E-state index contributed by atoms with van der Waals surface area (Å²) in [5.41, 5.74) is 2.04. The number of phosphoric acid groups is 1. The summed E-state index contributed by atoms with van der Waals surface area (Å²) in [6.45, 7) is 1.87. The number of esters is 2. The third-order valence-electron chi connectivity index (χ3n) is 8.35. The van der Waals surface area contributed by atoms with Gasteiger partial charge in [0, 0.05) is 17.7 Å². The van der Waals surface area contributed by atoms with Crippen molar-refractivity contribution in [3.8, 4) is 36.6 Å². The number of hydrogen-bond donors (Lipinski definition) is 4. The fourth-order valence-electron chi connectivity index (χ4n) is 5.43. The number of carbonyl (C=O) groups excluding carboxylic acids is 3. The molecule has 0 unspecified atom stereocenters. The van der Waals surface area contributed by atoms with Gasteiger partial charge < -0.3 is 39.2 Å². The number of amides is 1. The summed E-state index contributed by atoms with van der Waals surface area (Å²) in [7, 11) is -4.02. The lowest BCUT2D eigenvalue weighted by molar-refractivity contribution is -0.140. The number of nitrogens with one attached hydrogen (secondary N) is 3. The number of aromatic nitrogens is 4. The molecular weight excluding hydrogens is 799 g/mol. The molecule has 5 aromatic rings. The molecule has 0 spiro atoms. The smallest absolute Gasteiger partial charge is 0.480 e. The maximum Gasteiger partial charge on any atom is 0.604 e. The van der Waals surface area contributed by atoms with Gasteiger partial charge in [-0.2, -0.15) is 0 Å². The van der Waals surface area contributed by atoms with Gasteiger partial charge in [0.15, 0.2) is 11.2 Å². The SMILES string of the molecule is C#COP(=O)(OC#C)OCCCCc1ccc(OC(=O)c2ccccc2OC(=O)CC[C@H](NC(=O)c2ccc(NCc3cnc4nc(C)[nH]c(=O)c4n3)cc2)C(=O)O)cc1. The highest BCUT2D eigenvalue weighted by Gasteiger charge is 2.28. The van der Waals surface area contributed by atoms with Gasteiger partial charge in [-0.3, -0.25) is 18.9 Å². The number of aliphatic carboxylic acids is 1. The number of benzene rings is 3. The van der Waals surface area contributed by atoms with E-state index in [1.807, 2.05) is 0 Å². The second kappa shape index (κ2) is 20.8. The van der Waals surface area contributed by atoms with Gasteiger partial charge in [0.25, 0.3) is 11.5 Å². The maximum atomic E-state index is 13.1. The number of carboxylic acids is 1. The van der Waals surface area contributed by atoms with Crippen molar-refractivity contribution in [2.45, 2.75) is 51.6 Å². The Hall–Kier alpha value is -7.53. The fourth-order valence-corrected chi connectivity index (χ4v) is 6.19. The van der Waals surface area contributed by atoms with Crippen LogP contribution in [0.4, 0.5) is 5.69 Å². The molecule has 0 radical (unpaired) electrons. The Morgan fingerprint density at radius 3 is 2.35 bits per heavy atom. The van der Waals surface area contributed by atoms with E-state index in [1.54, 1.807) is 67.7 Å². The van der Waals surface area contributed by atoms with Crippen LogP contribution in [-0.2, 0) is 40.7 Å². The fraction of sp³-hybridized carbons (Fsp3) is 0.220. The van der Waals surface area contributed by atoms with Crippen molar-refractivity contribution in [1.82, 2.24) is 25.3 Å². The van der Waals surface area contributed by atoms with E-state index >= 15 is 0 Å². The minimum atomic E-state index is -4.02. The molecule has 0 saturated carbocycles. The molecule has 0 aliphatic carbocycles. The first-order chi connectivity index (χ1) is 28.9. The van der Waals surface area contributed by atoms with E-state index < -0.39 is 49.7 Å². The summed E-state index contributed by atoms with van der Waals surface area (Å²) in [6, 6.07) is 17.3. The van der Waals surface area contributed by atoms with Gasteiger partial charge in [-0.15, -0.1) is 0 Å². The average molecular weight is 837 g/mol. The van der Waals surface area contributed by atoms with E-state index in [9.17, 15) is 33.6 Å². The number of H-pyrrole nitrogens is 1. The summed E-state index contributed by atoms with van der Waals surface area (Å²) < 4.78 is 37.1. The number of hydrogen-bond acceptors (Lipinski definition) is 15. The van der Waals surface area contributed by atoms with Crippen LogP contribution in [0.3, 0.4) is 0 Å². The number of phosphoric ester groups is 1. The van der Waals surface area contributed by atoms with Crippen LogP contribution < -0.4 is 25.7 Å². The lowest BCUT2D eigenvalue weighted by atomic mass is 10.1. The molecule has 5 rings (SSSR count). The Morgan fingerprint density at radius 2 is 1.65 bits per heavy atom. The Labute approximate surface area is 342 Å². The number of para-hydroxylation sites is 1. The van der Waals surface area contributed by atoms with Gasteiger partial charge >= 0.3 is 25.7 Å².